The number of hydrogen-bond acceptors (Lipinski definition) is 6. The number of aromatic nitrogens is 2. The average molecular weight is 302 g/mol. The van der Waals surface area contributed by atoms with E-state index in [1.807, 2.05) is 30.3 Å². The minimum absolute atomic E-state index is 0.153. The summed E-state index contributed by atoms with van der Waals surface area (Å²) < 4.78 is 10.9. The summed E-state index contributed by atoms with van der Waals surface area (Å²) in [5, 5.41) is 17.4. The number of nitrogens with zero attached hydrogens (tertiary/aromatic N) is 2. The summed E-state index contributed by atoms with van der Waals surface area (Å²) >= 11 is 1.15. The zero-order valence-electron chi connectivity index (χ0n) is 10.7. The largest absolute Gasteiger partial charge is 0.481 e. The van der Waals surface area contributed by atoms with Gasteiger partial charge in [-0.25, -0.2) is 0 Å². The van der Waals surface area contributed by atoms with Gasteiger partial charge in [0.1, 0.15) is 12.2 Å². The van der Waals surface area contributed by atoms with Crippen LogP contribution in [0.4, 0.5) is 0 Å². The van der Waals surface area contributed by atoms with Gasteiger partial charge in [0.2, 0.25) is 5.89 Å². The number of rotatable bonds is 5. The molecule has 0 atom stereocenters. The van der Waals surface area contributed by atoms with Crippen LogP contribution in [0, 0.1) is 0 Å². The van der Waals surface area contributed by atoms with Gasteiger partial charge in [0.05, 0.1) is 0 Å². The molecule has 2 aromatic heterocycles. The first kappa shape index (κ1) is 13.4. The van der Waals surface area contributed by atoms with E-state index in [1.54, 1.807) is 12.1 Å². The van der Waals surface area contributed by atoms with Crippen LogP contribution in [0.3, 0.4) is 0 Å². The van der Waals surface area contributed by atoms with Crippen LogP contribution >= 0.6 is 11.8 Å². The molecule has 106 valence electrons. The maximum atomic E-state index is 10.6. The first-order valence-corrected chi connectivity index (χ1v) is 6.89. The van der Waals surface area contributed by atoms with Crippen LogP contribution in [0.5, 0.6) is 0 Å². The van der Waals surface area contributed by atoms with Crippen molar-refractivity contribution in [2.75, 3.05) is 0 Å². The van der Waals surface area contributed by atoms with E-state index in [0.29, 0.717) is 22.0 Å². The summed E-state index contributed by atoms with van der Waals surface area (Å²) in [6.07, 6.45) is -0.153. The number of carboxylic acid groups (broad SMARTS) is 1. The minimum Gasteiger partial charge on any atom is -0.481 e. The fourth-order valence-corrected chi connectivity index (χ4v) is 2.35. The highest BCUT2D eigenvalue weighted by Gasteiger charge is 2.13. The molecular formula is C14H10N2O4S. The fourth-order valence-electron chi connectivity index (χ4n) is 1.69. The molecule has 0 amide bonds. The third-order valence-electron chi connectivity index (χ3n) is 2.58. The van der Waals surface area contributed by atoms with E-state index in [4.69, 9.17) is 13.9 Å². The molecule has 1 aromatic carbocycles. The molecule has 3 aromatic rings. The Morgan fingerprint density at radius 3 is 2.67 bits per heavy atom. The standard InChI is InChI=1S/C14H10N2O4S/c17-11(18)8-10-6-7-12(19-10)21-14-16-15-13(20-14)9-4-2-1-3-5-9/h1-7H,8H2,(H,17,18). The lowest BCUT2D eigenvalue weighted by atomic mass is 10.2. The summed E-state index contributed by atoms with van der Waals surface area (Å²) in [5.41, 5.74) is 0.836. The smallest absolute Gasteiger partial charge is 0.311 e. The lowest BCUT2D eigenvalue weighted by Gasteiger charge is -1.93. The number of carbonyl (C=O) groups is 1. The summed E-state index contributed by atoms with van der Waals surface area (Å²) in [6, 6.07) is 12.7. The van der Waals surface area contributed by atoms with E-state index in [-0.39, 0.29) is 6.42 Å². The lowest BCUT2D eigenvalue weighted by molar-refractivity contribution is -0.136. The zero-order chi connectivity index (χ0) is 14.7. The van der Waals surface area contributed by atoms with E-state index in [0.717, 1.165) is 17.3 Å². The van der Waals surface area contributed by atoms with Crippen molar-refractivity contribution in [1.82, 2.24) is 10.2 Å². The summed E-state index contributed by atoms with van der Waals surface area (Å²) in [4.78, 5) is 10.6. The van der Waals surface area contributed by atoms with Gasteiger partial charge < -0.3 is 13.9 Å². The Labute approximate surface area is 123 Å². The molecule has 0 aliphatic rings. The monoisotopic (exact) mass is 302 g/mol. The molecule has 6 nitrogen and oxygen atoms in total. The molecule has 0 fully saturated rings. The van der Waals surface area contributed by atoms with Gasteiger partial charge in [-0.1, -0.05) is 18.2 Å². The molecule has 0 bridgehead atoms. The van der Waals surface area contributed by atoms with Gasteiger partial charge in [-0.15, -0.1) is 10.2 Å². The van der Waals surface area contributed by atoms with Crippen LogP contribution in [-0.4, -0.2) is 21.3 Å². The molecule has 0 spiro atoms. The number of hydrogen-bond donors (Lipinski definition) is 1. The molecule has 3 rings (SSSR count). The predicted molar refractivity (Wildman–Crippen MR) is 73.9 cm³/mol. The van der Waals surface area contributed by atoms with Crippen molar-refractivity contribution in [3.05, 3.63) is 48.2 Å². The van der Waals surface area contributed by atoms with Crippen LogP contribution in [0.1, 0.15) is 5.76 Å². The van der Waals surface area contributed by atoms with E-state index >= 15 is 0 Å². The first-order chi connectivity index (χ1) is 10.2. The molecule has 21 heavy (non-hydrogen) atoms. The summed E-state index contributed by atoms with van der Waals surface area (Å²) in [7, 11) is 0. The quantitative estimate of drug-likeness (QED) is 0.774. The normalized spacial score (nSPS) is 10.7. The third kappa shape index (κ3) is 3.32. The Hall–Kier alpha value is -2.54. The van der Waals surface area contributed by atoms with Gasteiger partial charge in [-0.3, -0.25) is 4.79 Å². The van der Waals surface area contributed by atoms with Gasteiger partial charge in [0.25, 0.3) is 5.22 Å². The van der Waals surface area contributed by atoms with Gasteiger partial charge >= 0.3 is 5.97 Å². The van der Waals surface area contributed by atoms with Crippen LogP contribution in [0.2, 0.25) is 0 Å². The van der Waals surface area contributed by atoms with Crippen molar-refractivity contribution in [3.63, 3.8) is 0 Å². The van der Waals surface area contributed by atoms with Gasteiger partial charge in [-0.05, 0) is 24.3 Å². The summed E-state index contributed by atoms with van der Waals surface area (Å²) in [6.45, 7) is 0. The Morgan fingerprint density at radius 2 is 1.90 bits per heavy atom. The van der Waals surface area contributed by atoms with Gasteiger partial charge in [0, 0.05) is 17.3 Å². The average Bonchev–Trinajstić information content (AvgIpc) is 3.09. The highest BCUT2D eigenvalue weighted by atomic mass is 32.2. The molecule has 2 heterocycles. The first-order valence-electron chi connectivity index (χ1n) is 6.08. The van der Waals surface area contributed by atoms with Crippen LogP contribution in [0.15, 0.2) is 61.6 Å². The topological polar surface area (TPSA) is 89.4 Å². The fraction of sp³-hybridized carbons (Fsp3) is 0.0714. The molecule has 0 aliphatic carbocycles. The predicted octanol–water partition coefficient (Wildman–Crippen LogP) is 3.11. The Bertz CT molecular complexity index is 751. The third-order valence-corrected chi connectivity index (χ3v) is 3.34. The molecule has 0 radical (unpaired) electrons. The van der Waals surface area contributed by atoms with Crippen molar-refractivity contribution in [1.29, 1.82) is 0 Å². The Kier molecular flexibility index (Phi) is 3.74. The van der Waals surface area contributed by atoms with E-state index < -0.39 is 5.97 Å². The maximum absolute atomic E-state index is 10.6. The Balaban J connectivity index is 1.73. The second-order valence-electron chi connectivity index (χ2n) is 4.13. The Morgan fingerprint density at radius 1 is 1.10 bits per heavy atom. The molecular weight excluding hydrogens is 292 g/mol. The number of benzene rings is 1. The molecule has 7 heteroatoms. The molecule has 0 unspecified atom stereocenters. The lowest BCUT2D eigenvalue weighted by Crippen LogP contribution is -1.97. The van der Waals surface area contributed by atoms with Crippen molar-refractivity contribution in [2.24, 2.45) is 0 Å². The number of carboxylic acids is 1. The highest BCUT2D eigenvalue weighted by Crippen LogP contribution is 2.30. The molecule has 0 saturated heterocycles. The van der Waals surface area contributed by atoms with Crippen LogP contribution in [0.25, 0.3) is 11.5 Å². The number of furan rings is 1. The van der Waals surface area contributed by atoms with Crippen LogP contribution < -0.4 is 0 Å². The summed E-state index contributed by atoms with van der Waals surface area (Å²) in [5.74, 6) is -0.131. The van der Waals surface area contributed by atoms with Crippen LogP contribution in [-0.2, 0) is 11.2 Å². The van der Waals surface area contributed by atoms with Gasteiger partial charge in [0.15, 0.2) is 5.09 Å². The van der Waals surface area contributed by atoms with Gasteiger partial charge in [-0.2, -0.15) is 0 Å². The van der Waals surface area contributed by atoms with E-state index in [1.165, 1.54) is 0 Å². The maximum Gasteiger partial charge on any atom is 0.311 e. The number of aliphatic carboxylic acids is 1. The second kappa shape index (κ2) is 5.84. The second-order valence-corrected chi connectivity index (χ2v) is 5.09. The SMILES string of the molecule is O=C(O)Cc1ccc(Sc2nnc(-c3ccccc3)o2)o1. The minimum atomic E-state index is -0.940. The molecule has 0 aliphatic heterocycles. The zero-order valence-corrected chi connectivity index (χ0v) is 11.5. The van der Waals surface area contributed by atoms with Crippen molar-refractivity contribution in [3.8, 4) is 11.5 Å². The van der Waals surface area contributed by atoms with E-state index in [2.05, 4.69) is 10.2 Å². The van der Waals surface area contributed by atoms with Crippen molar-refractivity contribution in [2.45, 2.75) is 16.7 Å². The molecule has 0 saturated carbocycles. The van der Waals surface area contributed by atoms with E-state index in [9.17, 15) is 4.79 Å². The van der Waals surface area contributed by atoms with Crippen molar-refractivity contribution < 1.29 is 18.7 Å². The van der Waals surface area contributed by atoms with Crippen molar-refractivity contribution >= 4 is 17.7 Å². The molecule has 1 N–H and O–H groups in total. The highest BCUT2D eigenvalue weighted by molar-refractivity contribution is 7.99.